The van der Waals surface area contributed by atoms with E-state index in [4.69, 9.17) is 9.97 Å². The molecule has 2 nitrogen and oxygen atoms in total. The quantitative estimate of drug-likeness (QED) is 0.211. The van der Waals surface area contributed by atoms with Crippen molar-refractivity contribution in [2.24, 2.45) is 0 Å². The molecule has 1 unspecified atom stereocenters. The van der Waals surface area contributed by atoms with Crippen LogP contribution in [0.4, 0.5) is 0 Å². The van der Waals surface area contributed by atoms with Gasteiger partial charge in [-0.15, -0.1) is 11.3 Å². The highest BCUT2D eigenvalue weighted by molar-refractivity contribution is 7.25. The third-order valence-electron chi connectivity index (χ3n) is 10.0. The van der Waals surface area contributed by atoms with Crippen molar-refractivity contribution in [1.29, 1.82) is 0 Å². The zero-order valence-electron chi connectivity index (χ0n) is 24.1. The van der Waals surface area contributed by atoms with Crippen molar-refractivity contribution < 1.29 is 0 Å². The number of nitrogens with zero attached hydrogens (tertiary/aromatic N) is 2. The molecule has 0 N–H and O–H groups in total. The first-order valence-electron chi connectivity index (χ1n) is 15.7. The first kappa shape index (κ1) is 25.2. The van der Waals surface area contributed by atoms with E-state index in [1.54, 1.807) is 11.1 Å². The second-order valence-corrected chi connectivity index (χ2v) is 13.4. The standard InChI is InChI=1S/C40H32N2S/c1-3-12-28(13-4-1)39-41-36(38-37(42-39)32-15-6-8-19-34(32)43-38)27-22-20-26(21-23-27)29-16-11-17-31-30-14-5-7-18-33(30)40(35(29)31)24-9-2-10-25-40/h1,3-8,11-22,27H,2,9-10,23-25H2. The summed E-state index contributed by atoms with van der Waals surface area (Å²) in [7, 11) is 0. The van der Waals surface area contributed by atoms with Gasteiger partial charge in [0, 0.05) is 27.0 Å². The summed E-state index contributed by atoms with van der Waals surface area (Å²) in [6, 6.07) is 35.3. The number of hydrogen-bond donors (Lipinski definition) is 0. The minimum atomic E-state index is 0.146. The largest absolute Gasteiger partial charge is 0.231 e. The van der Waals surface area contributed by atoms with Crippen LogP contribution in [0.3, 0.4) is 0 Å². The van der Waals surface area contributed by atoms with Crippen LogP contribution >= 0.6 is 11.3 Å². The molecule has 208 valence electrons. The molecule has 1 atom stereocenters. The van der Waals surface area contributed by atoms with Gasteiger partial charge in [0.05, 0.1) is 15.9 Å². The monoisotopic (exact) mass is 572 g/mol. The molecular formula is C40H32N2S. The predicted octanol–water partition coefficient (Wildman–Crippen LogP) is 10.9. The van der Waals surface area contributed by atoms with Gasteiger partial charge >= 0.3 is 0 Å². The Morgan fingerprint density at radius 3 is 2.33 bits per heavy atom. The molecule has 4 aromatic carbocycles. The number of aromatic nitrogens is 2. The lowest BCUT2D eigenvalue weighted by Crippen LogP contribution is -2.29. The maximum absolute atomic E-state index is 5.26. The highest BCUT2D eigenvalue weighted by atomic mass is 32.1. The van der Waals surface area contributed by atoms with Gasteiger partial charge in [-0.25, -0.2) is 9.97 Å². The highest BCUT2D eigenvalue weighted by Crippen LogP contribution is 2.57. The van der Waals surface area contributed by atoms with Crippen molar-refractivity contribution in [3.8, 4) is 22.5 Å². The molecule has 2 aromatic heterocycles. The average Bonchev–Trinajstić information content (AvgIpc) is 3.59. The molecule has 3 aliphatic carbocycles. The molecule has 0 bridgehead atoms. The zero-order chi connectivity index (χ0) is 28.4. The second kappa shape index (κ2) is 9.86. The fourth-order valence-electron chi connectivity index (χ4n) is 8.08. The fourth-order valence-corrected chi connectivity index (χ4v) is 9.28. The first-order chi connectivity index (χ1) is 21.3. The summed E-state index contributed by atoms with van der Waals surface area (Å²) in [5, 5.41) is 1.22. The lowest BCUT2D eigenvalue weighted by Gasteiger charge is -2.37. The molecule has 3 aliphatic rings. The van der Waals surface area contributed by atoms with Gasteiger partial charge in [0.1, 0.15) is 0 Å². The molecule has 0 aliphatic heterocycles. The Hall–Kier alpha value is -4.34. The van der Waals surface area contributed by atoms with Gasteiger partial charge in [-0.3, -0.25) is 0 Å². The van der Waals surface area contributed by atoms with Crippen LogP contribution in [0.25, 0.3) is 48.4 Å². The first-order valence-corrected chi connectivity index (χ1v) is 16.5. The molecule has 6 aromatic rings. The summed E-state index contributed by atoms with van der Waals surface area (Å²) in [6.45, 7) is 0. The van der Waals surface area contributed by atoms with E-state index < -0.39 is 0 Å². The number of rotatable bonds is 3. The molecule has 0 saturated heterocycles. The minimum Gasteiger partial charge on any atom is -0.231 e. The average molecular weight is 573 g/mol. The Balaban J connectivity index is 1.15. The molecule has 43 heavy (non-hydrogen) atoms. The van der Waals surface area contributed by atoms with Gasteiger partial charge in [0.15, 0.2) is 5.82 Å². The number of fused-ring (bicyclic) bond motifs is 8. The lowest BCUT2D eigenvalue weighted by atomic mass is 9.66. The minimum absolute atomic E-state index is 0.146. The van der Waals surface area contributed by atoms with Crippen molar-refractivity contribution in [3.63, 3.8) is 0 Å². The number of hydrogen-bond acceptors (Lipinski definition) is 3. The summed E-state index contributed by atoms with van der Waals surface area (Å²) in [6.07, 6.45) is 14.7. The SMILES string of the molecule is C1=CC(c2nc(-c3ccccc3)nc3c2sc2ccccc23)CC=C1c1cccc2c1C1(CCCCC1)c1ccccc1-2. The molecule has 2 heterocycles. The Morgan fingerprint density at radius 2 is 1.47 bits per heavy atom. The number of benzene rings is 4. The third-order valence-corrected chi connectivity index (χ3v) is 11.2. The van der Waals surface area contributed by atoms with Crippen LogP contribution in [0.15, 0.2) is 115 Å². The van der Waals surface area contributed by atoms with Gasteiger partial charge < -0.3 is 0 Å². The van der Waals surface area contributed by atoms with E-state index in [0.717, 1.165) is 29.0 Å². The highest BCUT2D eigenvalue weighted by Gasteiger charge is 2.45. The van der Waals surface area contributed by atoms with Gasteiger partial charge in [-0.05, 0) is 58.7 Å². The number of thiophene rings is 1. The summed E-state index contributed by atoms with van der Waals surface area (Å²) in [5.74, 6) is 1.02. The topological polar surface area (TPSA) is 25.8 Å². The summed E-state index contributed by atoms with van der Waals surface area (Å²) >= 11 is 1.83. The van der Waals surface area contributed by atoms with Crippen molar-refractivity contribution >= 4 is 37.2 Å². The van der Waals surface area contributed by atoms with E-state index in [1.165, 1.54) is 69.2 Å². The van der Waals surface area contributed by atoms with Crippen LogP contribution in [0.1, 0.15) is 66.8 Å². The van der Waals surface area contributed by atoms with Crippen LogP contribution in [-0.4, -0.2) is 9.97 Å². The number of allylic oxidation sites excluding steroid dienone is 4. The Kier molecular flexibility index (Phi) is 5.77. The van der Waals surface area contributed by atoms with E-state index in [9.17, 15) is 0 Å². The predicted molar refractivity (Wildman–Crippen MR) is 181 cm³/mol. The van der Waals surface area contributed by atoms with E-state index >= 15 is 0 Å². The Bertz CT molecular complexity index is 2090. The maximum Gasteiger partial charge on any atom is 0.160 e. The molecular weight excluding hydrogens is 541 g/mol. The van der Waals surface area contributed by atoms with Crippen LogP contribution in [0, 0.1) is 0 Å². The molecule has 0 amide bonds. The van der Waals surface area contributed by atoms with Gasteiger partial charge in [-0.1, -0.05) is 128 Å². The Morgan fingerprint density at radius 1 is 0.698 bits per heavy atom. The van der Waals surface area contributed by atoms with Gasteiger partial charge in [0.25, 0.3) is 0 Å². The summed E-state index contributed by atoms with van der Waals surface area (Å²) in [5.41, 5.74) is 12.2. The van der Waals surface area contributed by atoms with Gasteiger partial charge in [0.2, 0.25) is 0 Å². The molecule has 1 fully saturated rings. The molecule has 1 saturated carbocycles. The summed E-state index contributed by atoms with van der Waals surface area (Å²) in [4.78, 5) is 10.4. The van der Waals surface area contributed by atoms with E-state index in [1.807, 2.05) is 11.3 Å². The normalized spacial score (nSPS) is 18.6. The van der Waals surface area contributed by atoms with E-state index in [-0.39, 0.29) is 11.3 Å². The van der Waals surface area contributed by atoms with Crippen LogP contribution in [-0.2, 0) is 5.41 Å². The molecule has 0 radical (unpaired) electrons. The Labute approximate surface area is 256 Å². The van der Waals surface area contributed by atoms with Crippen molar-refractivity contribution in [1.82, 2.24) is 9.97 Å². The van der Waals surface area contributed by atoms with Crippen LogP contribution in [0.5, 0.6) is 0 Å². The van der Waals surface area contributed by atoms with E-state index in [2.05, 4.69) is 115 Å². The second-order valence-electron chi connectivity index (χ2n) is 12.4. The third kappa shape index (κ3) is 3.84. The van der Waals surface area contributed by atoms with Crippen LogP contribution in [0.2, 0.25) is 0 Å². The van der Waals surface area contributed by atoms with Gasteiger partial charge in [-0.2, -0.15) is 0 Å². The smallest absolute Gasteiger partial charge is 0.160 e. The summed E-state index contributed by atoms with van der Waals surface area (Å²) < 4.78 is 2.48. The fraction of sp³-hybridized carbons (Fsp3) is 0.200. The van der Waals surface area contributed by atoms with E-state index in [0.29, 0.717) is 0 Å². The molecule has 1 spiro atoms. The zero-order valence-corrected chi connectivity index (χ0v) is 24.9. The molecule has 9 rings (SSSR count). The molecule has 3 heteroatoms. The van der Waals surface area contributed by atoms with Crippen molar-refractivity contribution in [2.45, 2.75) is 49.9 Å². The van der Waals surface area contributed by atoms with Crippen molar-refractivity contribution in [2.75, 3.05) is 0 Å². The van der Waals surface area contributed by atoms with Crippen molar-refractivity contribution in [3.05, 3.63) is 138 Å². The lowest BCUT2D eigenvalue weighted by molar-refractivity contribution is 0.352. The van der Waals surface area contributed by atoms with Crippen LogP contribution < -0.4 is 0 Å². The maximum atomic E-state index is 5.26.